The number of carboxylic acids is 1. The predicted octanol–water partition coefficient (Wildman–Crippen LogP) is 0.963. The number of carboxylic acid groups (broad SMARTS) is 1. The first-order valence-electron chi connectivity index (χ1n) is 5.12. The normalized spacial score (nSPS) is 12.0. The van der Waals surface area contributed by atoms with Gasteiger partial charge in [0.05, 0.1) is 17.1 Å². The minimum atomic E-state index is -1.05. The van der Waals surface area contributed by atoms with E-state index in [1.807, 2.05) is 0 Å². The molecule has 1 unspecified atom stereocenters. The Labute approximate surface area is 98.8 Å². The molecule has 17 heavy (non-hydrogen) atoms. The lowest BCUT2D eigenvalue weighted by atomic mass is 10.3. The smallest absolute Gasteiger partial charge is 0.326 e. The minimum Gasteiger partial charge on any atom is -0.480 e. The third kappa shape index (κ3) is 2.74. The van der Waals surface area contributed by atoms with Crippen LogP contribution in [0.5, 0.6) is 0 Å². The number of likely N-dealkylation sites (N-methyl/N-ethyl adjacent to an activating group) is 1. The van der Waals surface area contributed by atoms with Gasteiger partial charge in [-0.05, 0) is 20.8 Å². The Balaban J connectivity index is 2.76. The van der Waals surface area contributed by atoms with E-state index < -0.39 is 18.0 Å². The fraction of sp³-hybridized carbons (Fsp3) is 0.500. The summed E-state index contributed by atoms with van der Waals surface area (Å²) in [5.74, 6) is -1.05. The topological polar surface area (TPSA) is 98.3 Å². The van der Waals surface area contributed by atoms with E-state index >= 15 is 0 Å². The van der Waals surface area contributed by atoms with Crippen LogP contribution in [0, 0.1) is 13.8 Å². The van der Waals surface area contributed by atoms with Gasteiger partial charge in [-0.25, -0.2) is 9.59 Å². The summed E-state index contributed by atoms with van der Waals surface area (Å²) >= 11 is 0. The minimum absolute atomic E-state index is 0.479. The van der Waals surface area contributed by atoms with Gasteiger partial charge in [0.1, 0.15) is 6.04 Å². The number of carbonyl (C=O) groups excluding carboxylic acids is 1. The van der Waals surface area contributed by atoms with Gasteiger partial charge < -0.3 is 15.3 Å². The van der Waals surface area contributed by atoms with Crippen molar-refractivity contribution in [1.82, 2.24) is 15.1 Å². The van der Waals surface area contributed by atoms with Crippen molar-refractivity contribution in [3.63, 3.8) is 0 Å². The molecule has 1 rings (SSSR count). The lowest BCUT2D eigenvalue weighted by molar-refractivity contribution is -0.141. The summed E-state index contributed by atoms with van der Waals surface area (Å²) in [4.78, 5) is 23.6. The van der Waals surface area contributed by atoms with E-state index in [1.54, 1.807) is 13.8 Å². The number of aromatic nitrogens is 2. The monoisotopic (exact) mass is 240 g/mol. The molecule has 1 aromatic heterocycles. The zero-order chi connectivity index (χ0) is 13.2. The van der Waals surface area contributed by atoms with Gasteiger partial charge >= 0.3 is 12.0 Å². The standard InChI is InChI=1S/C10H16N4O3/c1-5-8(6(2)13-12-5)11-10(17)14(4)7(3)9(15)16/h7H,1-4H3,(H,11,17)(H,12,13)(H,15,16). The van der Waals surface area contributed by atoms with Crippen LogP contribution in [-0.4, -0.2) is 45.3 Å². The maximum absolute atomic E-state index is 11.8. The predicted molar refractivity (Wildman–Crippen MR) is 61.9 cm³/mol. The second-order valence-corrected chi connectivity index (χ2v) is 3.86. The molecule has 0 aliphatic rings. The fourth-order valence-corrected chi connectivity index (χ4v) is 1.27. The van der Waals surface area contributed by atoms with Crippen molar-refractivity contribution in [2.24, 2.45) is 0 Å². The maximum Gasteiger partial charge on any atom is 0.326 e. The summed E-state index contributed by atoms with van der Waals surface area (Å²) in [5, 5.41) is 18.1. The largest absolute Gasteiger partial charge is 0.480 e. The Morgan fingerprint density at radius 1 is 1.47 bits per heavy atom. The van der Waals surface area contributed by atoms with Crippen LogP contribution in [0.1, 0.15) is 18.3 Å². The van der Waals surface area contributed by atoms with Gasteiger partial charge in [0.2, 0.25) is 0 Å². The zero-order valence-corrected chi connectivity index (χ0v) is 10.2. The van der Waals surface area contributed by atoms with Crippen LogP contribution < -0.4 is 5.32 Å². The molecule has 0 aliphatic carbocycles. The van der Waals surface area contributed by atoms with E-state index in [1.165, 1.54) is 14.0 Å². The molecule has 2 amide bonds. The molecule has 1 heterocycles. The number of nitrogens with zero attached hydrogens (tertiary/aromatic N) is 2. The number of H-pyrrole nitrogens is 1. The maximum atomic E-state index is 11.8. The molecule has 0 radical (unpaired) electrons. The Morgan fingerprint density at radius 3 is 2.47 bits per heavy atom. The van der Waals surface area contributed by atoms with E-state index in [0.29, 0.717) is 11.4 Å². The lowest BCUT2D eigenvalue weighted by Crippen LogP contribution is -2.42. The van der Waals surface area contributed by atoms with Crippen molar-refractivity contribution in [3.05, 3.63) is 11.4 Å². The number of anilines is 1. The fourth-order valence-electron chi connectivity index (χ4n) is 1.27. The molecule has 0 spiro atoms. The summed E-state index contributed by atoms with van der Waals surface area (Å²) in [7, 11) is 1.43. The lowest BCUT2D eigenvalue weighted by Gasteiger charge is -2.21. The van der Waals surface area contributed by atoms with Crippen molar-refractivity contribution in [2.75, 3.05) is 12.4 Å². The molecule has 0 saturated heterocycles. The number of amides is 2. The molecule has 3 N–H and O–H groups in total. The average molecular weight is 240 g/mol. The third-order valence-electron chi connectivity index (χ3n) is 2.62. The zero-order valence-electron chi connectivity index (χ0n) is 10.2. The highest BCUT2D eigenvalue weighted by Gasteiger charge is 2.22. The Bertz CT molecular complexity index is 421. The quantitative estimate of drug-likeness (QED) is 0.732. The van der Waals surface area contributed by atoms with Crippen molar-refractivity contribution in [3.8, 4) is 0 Å². The second kappa shape index (κ2) is 4.86. The number of aryl methyl sites for hydroxylation is 2. The highest BCUT2D eigenvalue weighted by molar-refractivity contribution is 5.92. The van der Waals surface area contributed by atoms with E-state index in [9.17, 15) is 9.59 Å². The Kier molecular flexibility index (Phi) is 3.72. The summed E-state index contributed by atoms with van der Waals surface area (Å²) < 4.78 is 0. The van der Waals surface area contributed by atoms with E-state index in [-0.39, 0.29) is 0 Å². The van der Waals surface area contributed by atoms with E-state index in [4.69, 9.17) is 5.11 Å². The highest BCUT2D eigenvalue weighted by Crippen LogP contribution is 2.16. The van der Waals surface area contributed by atoms with Crippen LogP contribution in [0.4, 0.5) is 10.5 Å². The van der Waals surface area contributed by atoms with E-state index in [0.717, 1.165) is 10.6 Å². The van der Waals surface area contributed by atoms with Crippen LogP contribution in [0.15, 0.2) is 0 Å². The molecular formula is C10H16N4O3. The first-order valence-corrected chi connectivity index (χ1v) is 5.12. The molecular weight excluding hydrogens is 224 g/mol. The van der Waals surface area contributed by atoms with Crippen LogP contribution in [0.3, 0.4) is 0 Å². The van der Waals surface area contributed by atoms with Crippen molar-refractivity contribution >= 4 is 17.7 Å². The van der Waals surface area contributed by atoms with Crippen molar-refractivity contribution in [2.45, 2.75) is 26.8 Å². The first-order chi connectivity index (χ1) is 7.84. The number of urea groups is 1. The molecule has 1 atom stereocenters. The molecule has 0 bridgehead atoms. The van der Waals surface area contributed by atoms with Gasteiger partial charge in [0, 0.05) is 7.05 Å². The molecule has 7 nitrogen and oxygen atoms in total. The highest BCUT2D eigenvalue weighted by atomic mass is 16.4. The number of hydrogen-bond acceptors (Lipinski definition) is 3. The molecule has 0 aliphatic heterocycles. The molecule has 0 saturated carbocycles. The van der Waals surface area contributed by atoms with Gasteiger partial charge in [-0.15, -0.1) is 0 Å². The number of rotatable bonds is 3. The number of carbonyl (C=O) groups is 2. The van der Waals surface area contributed by atoms with Gasteiger partial charge in [-0.3, -0.25) is 5.10 Å². The number of aromatic amines is 1. The van der Waals surface area contributed by atoms with Crippen LogP contribution in [0.2, 0.25) is 0 Å². The van der Waals surface area contributed by atoms with Gasteiger partial charge in [0.25, 0.3) is 0 Å². The van der Waals surface area contributed by atoms with E-state index in [2.05, 4.69) is 15.5 Å². The number of aliphatic carboxylic acids is 1. The molecule has 94 valence electrons. The third-order valence-corrected chi connectivity index (χ3v) is 2.62. The SMILES string of the molecule is Cc1n[nH]c(C)c1NC(=O)N(C)C(C)C(=O)O. The van der Waals surface area contributed by atoms with Crippen molar-refractivity contribution < 1.29 is 14.7 Å². The number of hydrogen-bond donors (Lipinski definition) is 3. The van der Waals surface area contributed by atoms with Crippen LogP contribution in [0.25, 0.3) is 0 Å². The second-order valence-electron chi connectivity index (χ2n) is 3.86. The molecule has 1 aromatic rings. The van der Waals surface area contributed by atoms with Gasteiger partial charge in [-0.1, -0.05) is 0 Å². The summed E-state index contributed by atoms with van der Waals surface area (Å²) in [6.45, 7) is 4.97. The molecule has 0 aromatic carbocycles. The number of nitrogens with one attached hydrogen (secondary N) is 2. The summed E-state index contributed by atoms with van der Waals surface area (Å²) in [6.07, 6.45) is 0. The first kappa shape index (κ1) is 13.0. The van der Waals surface area contributed by atoms with Crippen LogP contribution in [-0.2, 0) is 4.79 Å². The average Bonchev–Trinajstić information content (AvgIpc) is 2.58. The summed E-state index contributed by atoms with van der Waals surface area (Å²) in [5.41, 5.74) is 1.97. The van der Waals surface area contributed by atoms with Gasteiger partial charge in [0.15, 0.2) is 0 Å². The Morgan fingerprint density at radius 2 is 2.06 bits per heavy atom. The molecule has 7 heteroatoms. The summed E-state index contributed by atoms with van der Waals surface area (Å²) in [6, 6.07) is -1.37. The van der Waals surface area contributed by atoms with Crippen molar-refractivity contribution in [1.29, 1.82) is 0 Å². The van der Waals surface area contributed by atoms with Crippen LogP contribution >= 0.6 is 0 Å². The van der Waals surface area contributed by atoms with Gasteiger partial charge in [-0.2, -0.15) is 5.10 Å². The Hall–Kier alpha value is -2.05. The molecule has 0 fully saturated rings.